The number of hydrogen-bond donors (Lipinski definition) is 2. The van der Waals surface area contributed by atoms with Gasteiger partial charge in [0.1, 0.15) is 5.60 Å². The first kappa shape index (κ1) is 14.3. The molecule has 1 amide bonds. The molecular formula is C14H18BrNO3. The van der Waals surface area contributed by atoms with Crippen molar-refractivity contribution in [2.24, 2.45) is 0 Å². The maximum atomic E-state index is 11.8. The zero-order chi connectivity index (χ0) is 14.2. The Balaban J connectivity index is 2.12. The number of hydrogen-bond acceptors (Lipinski definition) is 3. The van der Waals surface area contributed by atoms with Gasteiger partial charge in [-0.2, -0.15) is 0 Å². The molecule has 0 aliphatic heterocycles. The number of aliphatic hydroxyl groups excluding tert-OH is 1. The Bertz CT molecular complexity index is 496. The second-order valence-corrected chi connectivity index (χ2v) is 6.65. The smallest absolute Gasteiger partial charge is 0.408 e. The van der Waals surface area contributed by atoms with Crippen molar-refractivity contribution in [3.05, 3.63) is 33.8 Å². The van der Waals surface area contributed by atoms with Crippen LogP contribution in [0.5, 0.6) is 0 Å². The standard InChI is InChI=1S/C14H18BrNO3/c1-14(2,3)19-13(18)16-12-10-5-4-9(15)6-8(10)7-11(12)17/h4-6,11-12,17H,7H2,1-3H3,(H,16,18)/t11-,12-/m1/s1. The molecule has 0 fully saturated rings. The van der Waals surface area contributed by atoms with Crippen molar-refractivity contribution in [3.8, 4) is 0 Å². The fourth-order valence-electron chi connectivity index (χ4n) is 2.21. The van der Waals surface area contributed by atoms with Gasteiger partial charge in [-0.1, -0.05) is 22.0 Å². The summed E-state index contributed by atoms with van der Waals surface area (Å²) in [6, 6.07) is 5.38. The third kappa shape index (κ3) is 3.48. The Morgan fingerprint density at radius 3 is 2.79 bits per heavy atom. The molecule has 1 aliphatic carbocycles. The summed E-state index contributed by atoms with van der Waals surface area (Å²) in [5.74, 6) is 0. The monoisotopic (exact) mass is 327 g/mol. The molecular weight excluding hydrogens is 310 g/mol. The quantitative estimate of drug-likeness (QED) is 0.833. The summed E-state index contributed by atoms with van der Waals surface area (Å²) in [6.07, 6.45) is -0.584. The Labute approximate surface area is 121 Å². The molecule has 0 saturated heterocycles. The Morgan fingerprint density at radius 1 is 1.47 bits per heavy atom. The predicted molar refractivity (Wildman–Crippen MR) is 76.0 cm³/mol. The van der Waals surface area contributed by atoms with Crippen LogP contribution in [0.15, 0.2) is 22.7 Å². The molecule has 0 unspecified atom stereocenters. The highest BCUT2D eigenvalue weighted by Gasteiger charge is 2.33. The number of carbonyl (C=O) groups is 1. The first-order valence-electron chi connectivity index (χ1n) is 6.22. The van der Waals surface area contributed by atoms with Crippen LogP contribution in [0.4, 0.5) is 4.79 Å². The van der Waals surface area contributed by atoms with Gasteiger partial charge in [0.15, 0.2) is 0 Å². The number of rotatable bonds is 1. The Kier molecular flexibility index (Phi) is 3.87. The van der Waals surface area contributed by atoms with Gasteiger partial charge in [0.25, 0.3) is 0 Å². The molecule has 2 rings (SSSR count). The highest BCUT2D eigenvalue weighted by Crippen LogP contribution is 2.33. The molecule has 1 aromatic rings. The van der Waals surface area contributed by atoms with E-state index < -0.39 is 23.8 Å². The molecule has 5 heteroatoms. The maximum Gasteiger partial charge on any atom is 0.408 e. The zero-order valence-electron chi connectivity index (χ0n) is 11.2. The van der Waals surface area contributed by atoms with Gasteiger partial charge in [0.05, 0.1) is 12.1 Å². The number of carbonyl (C=O) groups excluding carboxylic acids is 1. The number of fused-ring (bicyclic) bond motifs is 1. The molecule has 19 heavy (non-hydrogen) atoms. The second kappa shape index (κ2) is 5.13. The van der Waals surface area contributed by atoms with E-state index in [1.54, 1.807) is 0 Å². The van der Waals surface area contributed by atoms with Crippen LogP contribution in [0.1, 0.15) is 37.9 Å². The van der Waals surface area contributed by atoms with Crippen LogP contribution in [0.25, 0.3) is 0 Å². The van der Waals surface area contributed by atoms with E-state index in [2.05, 4.69) is 21.2 Å². The summed E-state index contributed by atoms with van der Waals surface area (Å²) >= 11 is 3.40. The van der Waals surface area contributed by atoms with E-state index in [9.17, 15) is 9.90 Å². The van der Waals surface area contributed by atoms with Crippen LogP contribution in [-0.2, 0) is 11.2 Å². The van der Waals surface area contributed by atoms with Gasteiger partial charge in [0.2, 0.25) is 0 Å². The maximum absolute atomic E-state index is 11.8. The summed E-state index contributed by atoms with van der Waals surface area (Å²) in [6.45, 7) is 5.42. The number of nitrogens with one attached hydrogen (secondary N) is 1. The lowest BCUT2D eigenvalue weighted by molar-refractivity contribution is 0.0438. The lowest BCUT2D eigenvalue weighted by atomic mass is 10.1. The molecule has 1 aliphatic rings. The third-order valence-corrected chi connectivity index (χ3v) is 3.42. The predicted octanol–water partition coefficient (Wildman–Crippen LogP) is 2.93. The van der Waals surface area contributed by atoms with Gasteiger partial charge in [-0.3, -0.25) is 0 Å². The van der Waals surface area contributed by atoms with Crippen molar-refractivity contribution < 1.29 is 14.6 Å². The van der Waals surface area contributed by atoms with E-state index in [1.165, 1.54) is 0 Å². The average molecular weight is 328 g/mol. The normalized spacial score (nSPS) is 21.9. The number of ether oxygens (including phenoxy) is 1. The van der Waals surface area contributed by atoms with Crippen LogP contribution in [0.2, 0.25) is 0 Å². The van der Waals surface area contributed by atoms with Gasteiger partial charge >= 0.3 is 6.09 Å². The molecule has 104 valence electrons. The third-order valence-electron chi connectivity index (χ3n) is 2.93. The van der Waals surface area contributed by atoms with Gasteiger partial charge in [-0.25, -0.2) is 4.79 Å². The van der Waals surface area contributed by atoms with Crippen molar-refractivity contribution in [1.29, 1.82) is 0 Å². The molecule has 2 N–H and O–H groups in total. The molecule has 2 atom stereocenters. The summed E-state index contributed by atoms with van der Waals surface area (Å²) < 4.78 is 6.19. The first-order chi connectivity index (χ1) is 8.76. The van der Waals surface area contributed by atoms with Crippen molar-refractivity contribution in [3.63, 3.8) is 0 Å². The van der Waals surface area contributed by atoms with Crippen molar-refractivity contribution in [2.75, 3.05) is 0 Å². The van der Waals surface area contributed by atoms with Crippen LogP contribution in [-0.4, -0.2) is 22.9 Å². The SMILES string of the molecule is CC(C)(C)OC(=O)N[C@@H]1c2ccc(Br)cc2C[C@H]1O. The second-order valence-electron chi connectivity index (χ2n) is 5.74. The molecule has 0 spiro atoms. The Morgan fingerprint density at radius 2 is 2.16 bits per heavy atom. The fourth-order valence-corrected chi connectivity index (χ4v) is 2.62. The van der Waals surface area contributed by atoms with Gasteiger partial charge < -0.3 is 15.2 Å². The minimum Gasteiger partial charge on any atom is -0.444 e. The molecule has 0 saturated carbocycles. The van der Waals surface area contributed by atoms with E-state index in [1.807, 2.05) is 39.0 Å². The van der Waals surface area contributed by atoms with Gasteiger partial charge in [-0.15, -0.1) is 0 Å². The van der Waals surface area contributed by atoms with Crippen LogP contribution in [0, 0.1) is 0 Å². The van der Waals surface area contributed by atoms with Crippen LogP contribution < -0.4 is 5.32 Å². The van der Waals surface area contributed by atoms with Crippen molar-refractivity contribution in [2.45, 2.75) is 44.9 Å². The molecule has 4 nitrogen and oxygen atoms in total. The molecule has 0 radical (unpaired) electrons. The highest BCUT2D eigenvalue weighted by molar-refractivity contribution is 9.10. The van der Waals surface area contributed by atoms with Crippen molar-refractivity contribution in [1.82, 2.24) is 5.32 Å². The summed E-state index contributed by atoms with van der Waals surface area (Å²) in [5, 5.41) is 12.8. The average Bonchev–Trinajstić information content (AvgIpc) is 2.51. The van der Waals surface area contributed by atoms with E-state index in [0.717, 1.165) is 15.6 Å². The minimum atomic E-state index is -0.614. The highest BCUT2D eigenvalue weighted by atomic mass is 79.9. The number of halogens is 1. The largest absolute Gasteiger partial charge is 0.444 e. The molecule has 0 bridgehead atoms. The van der Waals surface area contributed by atoms with Gasteiger partial charge in [0, 0.05) is 10.9 Å². The van der Waals surface area contributed by atoms with Gasteiger partial charge in [-0.05, 0) is 44.0 Å². The lowest BCUT2D eigenvalue weighted by Crippen LogP contribution is -2.38. The number of benzene rings is 1. The molecule has 1 aromatic carbocycles. The molecule has 0 aromatic heterocycles. The van der Waals surface area contributed by atoms with E-state index in [0.29, 0.717) is 6.42 Å². The minimum absolute atomic E-state index is 0.405. The number of amides is 1. The first-order valence-corrected chi connectivity index (χ1v) is 7.01. The number of aliphatic hydroxyl groups is 1. The summed E-state index contributed by atoms with van der Waals surface area (Å²) in [5.41, 5.74) is 1.44. The Hall–Kier alpha value is -1.07. The molecule has 0 heterocycles. The van der Waals surface area contributed by atoms with Crippen molar-refractivity contribution >= 4 is 22.0 Å². The number of alkyl carbamates (subject to hydrolysis) is 1. The lowest BCUT2D eigenvalue weighted by Gasteiger charge is -2.23. The summed E-state index contributed by atoms with van der Waals surface area (Å²) in [4.78, 5) is 11.8. The van der Waals surface area contributed by atoms with E-state index in [4.69, 9.17) is 4.74 Å². The fraction of sp³-hybridized carbons (Fsp3) is 0.500. The summed E-state index contributed by atoms with van der Waals surface area (Å²) in [7, 11) is 0. The van der Waals surface area contributed by atoms with E-state index in [-0.39, 0.29) is 0 Å². The van der Waals surface area contributed by atoms with Crippen LogP contribution >= 0.6 is 15.9 Å². The zero-order valence-corrected chi connectivity index (χ0v) is 12.8. The van der Waals surface area contributed by atoms with Crippen LogP contribution in [0.3, 0.4) is 0 Å². The topological polar surface area (TPSA) is 58.6 Å². The van der Waals surface area contributed by atoms with E-state index >= 15 is 0 Å².